The number of hydrogen-bond acceptors (Lipinski definition) is 0. The van der Waals surface area contributed by atoms with Crippen LogP contribution in [-0.2, 0) is 0 Å². The maximum atomic E-state index is 2.37. The average molecular weight is 154 g/mol. The van der Waals surface area contributed by atoms with Crippen molar-refractivity contribution >= 4 is 0 Å². The predicted molar refractivity (Wildman–Crippen MR) is 49.2 cm³/mol. The van der Waals surface area contributed by atoms with Gasteiger partial charge in [-0.05, 0) is 31.8 Å². The number of piperidine rings is 1. The molecule has 0 aromatic carbocycles. The molecule has 0 spiro atoms. The van der Waals surface area contributed by atoms with Gasteiger partial charge in [0.1, 0.15) is 0 Å². The van der Waals surface area contributed by atoms with E-state index in [1.165, 1.54) is 43.3 Å². The van der Waals surface area contributed by atoms with Crippen LogP contribution >= 0.6 is 0 Å². The van der Waals surface area contributed by atoms with Gasteiger partial charge in [-0.1, -0.05) is 6.92 Å². The maximum absolute atomic E-state index is 2.37. The van der Waals surface area contributed by atoms with Gasteiger partial charge in [-0.25, -0.2) is 0 Å². The molecule has 0 atom stereocenters. The topological polar surface area (TPSA) is 0 Å². The summed E-state index contributed by atoms with van der Waals surface area (Å²) in [4.78, 5) is 0. The Bertz CT molecular complexity index is 132. The Labute approximate surface area is 70.3 Å². The largest absolute Gasteiger partial charge is 0.300 e. The van der Waals surface area contributed by atoms with E-state index in [4.69, 9.17) is 0 Å². The predicted octanol–water partition coefficient (Wildman–Crippen LogP) is 2.54. The van der Waals surface area contributed by atoms with Gasteiger partial charge in [0, 0.05) is 0 Å². The quantitative estimate of drug-likeness (QED) is 0.536. The normalized spacial score (nSPS) is 24.2. The highest BCUT2D eigenvalue weighted by molar-refractivity contribution is 4.73. The van der Waals surface area contributed by atoms with E-state index in [0.29, 0.717) is 0 Å². The standard InChI is InChI=1S/C10H20N/c1-3-4-8-11(2)9-6-5-7-10-11/h4,8H,3,5-7,9-10H2,1-2H3/q+1/b8-4+. The maximum Gasteiger partial charge on any atom is 0.0915 e. The molecule has 0 bridgehead atoms. The molecular formula is C10H20N+. The third-order valence-electron chi connectivity index (χ3n) is 2.54. The Morgan fingerprint density at radius 3 is 2.36 bits per heavy atom. The van der Waals surface area contributed by atoms with E-state index in [-0.39, 0.29) is 0 Å². The Kier molecular flexibility index (Phi) is 3.13. The third-order valence-corrected chi connectivity index (χ3v) is 2.54. The summed E-state index contributed by atoms with van der Waals surface area (Å²) in [6, 6.07) is 0. The lowest BCUT2D eigenvalue weighted by Crippen LogP contribution is -2.42. The molecule has 0 unspecified atom stereocenters. The van der Waals surface area contributed by atoms with Crippen LogP contribution in [0, 0.1) is 0 Å². The minimum atomic E-state index is 1.17. The van der Waals surface area contributed by atoms with Crippen molar-refractivity contribution < 1.29 is 4.48 Å². The molecule has 1 saturated heterocycles. The van der Waals surface area contributed by atoms with E-state index < -0.39 is 0 Å². The van der Waals surface area contributed by atoms with Crippen molar-refractivity contribution in [3.63, 3.8) is 0 Å². The first-order chi connectivity index (χ1) is 5.27. The van der Waals surface area contributed by atoms with E-state index in [1.54, 1.807) is 0 Å². The van der Waals surface area contributed by atoms with Crippen molar-refractivity contribution in [1.82, 2.24) is 0 Å². The van der Waals surface area contributed by atoms with Crippen molar-refractivity contribution in [3.05, 3.63) is 12.3 Å². The summed E-state index contributed by atoms with van der Waals surface area (Å²) in [5.74, 6) is 0. The molecule has 1 nitrogen and oxygen atoms in total. The van der Waals surface area contributed by atoms with Gasteiger partial charge in [0.25, 0.3) is 0 Å². The van der Waals surface area contributed by atoms with Crippen LogP contribution in [-0.4, -0.2) is 24.6 Å². The van der Waals surface area contributed by atoms with Crippen LogP contribution in [0.5, 0.6) is 0 Å². The minimum absolute atomic E-state index is 1.17. The highest BCUT2D eigenvalue weighted by atomic mass is 15.3. The molecule has 1 heteroatoms. The van der Waals surface area contributed by atoms with Crippen LogP contribution in [0.2, 0.25) is 0 Å². The highest BCUT2D eigenvalue weighted by Crippen LogP contribution is 2.16. The van der Waals surface area contributed by atoms with E-state index in [2.05, 4.69) is 26.2 Å². The second kappa shape index (κ2) is 3.91. The Morgan fingerprint density at radius 1 is 1.18 bits per heavy atom. The monoisotopic (exact) mass is 154 g/mol. The van der Waals surface area contributed by atoms with Gasteiger partial charge >= 0.3 is 0 Å². The molecule has 0 aromatic rings. The van der Waals surface area contributed by atoms with E-state index in [9.17, 15) is 0 Å². The van der Waals surface area contributed by atoms with Crippen molar-refractivity contribution in [3.8, 4) is 0 Å². The summed E-state index contributed by atoms with van der Waals surface area (Å²) in [5.41, 5.74) is 0. The van der Waals surface area contributed by atoms with Gasteiger partial charge in [-0.15, -0.1) is 0 Å². The molecular weight excluding hydrogens is 134 g/mol. The van der Waals surface area contributed by atoms with E-state index in [0.717, 1.165) is 0 Å². The molecule has 0 aliphatic carbocycles. The smallest absolute Gasteiger partial charge is 0.0915 e. The lowest BCUT2D eigenvalue weighted by Gasteiger charge is -2.33. The summed E-state index contributed by atoms with van der Waals surface area (Å²) in [5, 5.41) is 0. The number of likely N-dealkylation sites (tertiary alicyclic amines) is 1. The van der Waals surface area contributed by atoms with Crippen LogP contribution in [0.15, 0.2) is 12.3 Å². The molecule has 0 N–H and O–H groups in total. The second-order valence-corrected chi connectivity index (χ2v) is 3.78. The first kappa shape index (κ1) is 8.79. The van der Waals surface area contributed by atoms with Crippen molar-refractivity contribution in [1.29, 1.82) is 0 Å². The van der Waals surface area contributed by atoms with Gasteiger partial charge in [-0.2, -0.15) is 0 Å². The number of nitrogens with zero attached hydrogens (tertiary/aromatic N) is 1. The zero-order chi connectivity index (χ0) is 8.16. The molecule has 1 fully saturated rings. The third kappa shape index (κ3) is 2.66. The van der Waals surface area contributed by atoms with E-state index >= 15 is 0 Å². The first-order valence-electron chi connectivity index (χ1n) is 4.79. The second-order valence-electron chi connectivity index (χ2n) is 3.78. The fourth-order valence-corrected chi connectivity index (χ4v) is 1.74. The zero-order valence-corrected chi connectivity index (χ0v) is 7.84. The molecule has 0 saturated carbocycles. The fourth-order valence-electron chi connectivity index (χ4n) is 1.74. The minimum Gasteiger partial charge on any atom is -0.300 e. The summed E-state index contributed by atoms with van der Waals surface area (Å²) in [7, 11) is 2.34. The van der Waals surface area contributed by atoms with Crippen LogP contribution in [0.4, 0.5) is 0 Å². The van der Waals surface area contributed by atoms with Crippen LogP contribution in [0.3, 0.4) is 0 Å². The van der Waals surface area contributed by atoms with Crippen molar-refractivity contribution in [2.24, 2.45) is 0 Å². The number of hydrogen-bond donors (Lipinski definition) is 0. The lowest BCUT2D eigenvalue weighted by molar-refractivity contribution is -0.864. The molecule has 0 radical (unpaired) electrons. The van der Waals surface area contributed by atoms with Crippen molar-refractivity contribution in [2.45, 2.75) is 32.6 Å². The molecule has 64 valence electrons. The SMILES string of the molecule is CC/C=C/[N+]1(C)CCCCC1. The molecule has 0 aromatic heterocycles. The summed E-state index contributed by atoms with van der Waals surface area (Å²) < 4.78 is 1.17. The number of rotatable bonds is 2. The summed E-state index contributed by atoms with van der Waals surface area (Å²) in [6.45, 7) is 4.89. The van der Waals surface area contributed by atoms with Gasteiger partial charge in [0.05, 0.1) is 26.3 Å². The molecule has 0 amide bonds. The van der Waals surface area contributed by atoms with Crippen LogP contribution in [0.25, 0.3) is 0 Å². The summed E-state index contributed by atoms with van der Waals surface area (Å²) >= 11 is 0. The number of quaternary nitrogens is 1. The zero-order valence-electron chi connectivity index (χ0n) is 7.84. The van der Waals surface area contributed by atoms with E-state index in [1.807, 2.05) is 0 Å². The van der Waals surface area contributed by atoms with Crippen molar-refractivity contribution in [2.75, 3.05) is 20.1 Å². The van der Waals surface area contributed by atoms with Crippen LogP contribution in [0.1, 0.15) is 32.6 Å². The van der Waals surface area contributed by atoms with Gasteiger partial charge in [0.2, 0.25) is 0 Å². The highest BCUT2D eigenvalue weighted by Gasteiger charge is 2.21. The average Bonchev–Trinajstić information content (AvgIpc) is 2.03. The molecule has 1 aliphatic heterocycles. The molecule has 11 heavy (non-hydrogen) atoms. The number of allylic oxidation sites excluding steroid dienone is 1. The fraction of sp³-hybridized carbons (Fsp3) is 0.800. The van der Waals surface area contributed by atoms with Gasteiger partial charge in [-0.3, -0.25) is 4.48 Å². The Morgan fingerprint density at radius 2 is 1.82 bits per heavy atom. The van der Waals surface area contributed by atoms with Gasteiger partial charge < -0.3 is 0 Å². The lowest BCUT2D eigenvalue weighted by atomic mass is 10.1. The first-order valence-corrected chi connectivity index (χ1v) is 4.79. The van der Waals surface area contributed by atoms with Gasteiger partial charge in [0.15, 0.2) is 0 Å². The Balaban J connectivity index is 2.43. The molecule has 1 rings (SSSR count). The Hall–Kier alpha value is -0.300. The molecule has 1 aliphatic rings. The summed E-state index contributed by atoms with van der Waals surface area (Å²) in [6.07, 6.45) is 10.1. The molecule has 1 heterocycles. The van der Waals surface area contributed by atoms with Crippen LogP contribution < -0.4 is 0 Å².